The lowest BCUT2D eigenvalue weighted by Gasteiger charge is -2.33. The van der Waals surface area contributed by atoms with E-state index in [0.29, 0.717) is 56.6 Å². The number of rotatable bonds is 4. The van der Waals surface area contributed by atoms with Crippen LogP contribution in [0.15, 0.2) is 30.7 Å². The molecule has 2 aromatic heterocycles. The lowest BCUT2D eigenvalue weighted by molar-refractivity contribution is 0.0698. The zero-order valence-electron chi connectivity index (χ0n) is 16.8. The van der Waals surface area contributed by atoms with Gasteiger partial charge < -0.3 is 14.5 Å². The number of amides is 1. The molecule has 2 fully saturated rings. The summed E-state index contributed by atoms with van der Waals surface area (Å²) in [5.74, 6) is 0.354. The van der Waals surface area contributed by atoms with Crippen molar-refractivity contribution in [3.8, 4) is 11.3 Å². The summed E-state index contributed by atoms with van der Waals surface area (Å²) >= 11 is 0. The fourth-order valence-corrected chi connectivity index (χ4v) is 4.39. The van der Waals surface area contributed by atoms with E-state index in [4.69, 9.17) is 9.72 Å². The lowest BCUT2D eigenvalue weighted by Crippen LogP contribution is -2.50. The topological polar surface area (TPSA) is 109 Å². The number of pyridine rings is 1. The minimum absolute atomic E-state index is 0.205. The molecule has 0 saturated carbocycles. The molecule has 2 aliphatic heterocycles. The number of carbonyl (C=O) groups excluding carboxylic acids is 1. The van der Waals surface area contributed by atoms with Crippen LogP contribution in [0.3, 0.4) is 0 Å². The summed E-state index contributed by atoms with van der Waals surface area (Å²) < 4.78 is 30.3. The highest BCUT2D eigenvalue weighted by atomic mass is 32.2. The van der Waals surface area contributed by atoms with E-state index in [0.717, 1.165) is 5.56 Å². The predicted molar refractivity (Wildman–Crippen MR) is 111 cm³/mol. The summed E-state index contributed by atoms with van der Waals surface area (Å²) in [5, 5.41) is 0. The molecule has 0 bridgehead atoms. The number of anilines is 1. The molecular formula is C19H24N6O4S. The molecule has 0 spiro atoms. The third kappa shape index (κ3) is 4.42. The normalized spacial score (nSPS) is 18.4. The average Bonchev–Trinajstić information content (AvgIpc) is 2.79. The maximum absolute atomic E-state index is 13.3. The van der Waals surface area contributed by atoms with E-state index >= 15 is 0 Å². The van der Waals surface area contributed by atoms with E-state index in [1.807, 2.05) is 17.0 Å². The van der Waals surface area contributed by atoms with Crippen LogP contribution >= 0.6 is 0 Å². The number of aromatic nitrogens is 3. The predicted octanol–water partition coefficient (Wildman–Crippen LogP) is 0.0926. The number of hydrogen-bond acceptors (Lipinski definition) is 8. The molecule has 4 rings (SSSR count). The molecule has 160 valence electrons. The van der Waals surface area contributed by atoms with Gasteiger partial charge in [0.15, 0.2) is 0 Å². The van der Waals surface area contributed by atoms with Crippen molar-refractivity contribution in [2.24, 2.45) is 0 Å². The monoisotopic (exact) mass is 432 g/mol. The molecule has 0 radical (unpaired) electrons. The van der Waals surface area contributed by atoms with Crippen molar-refractivity contribution in [2.45, 2.75) is 0 Å². The van der Waals surface area contributed by atoms with Crippen molar-refractivity contribution in [1.82, 2.24) is 24.2 Å². The van der Waals surface area contributed by atoms with Crippen LogP contribution in [0.25, 0.3) is 11.3 Å². The minimum atomic E-state index is -3.26. The molecule has 0 aliphatic carbocycles. The van der Waals surface area contributed by atoms with Gasteiger partial charge in [-0.05, 0) is 12.1 Å². The van der Waals surface area contributed by atoms with Crippen molar-refractivity contribution >= 4 is 21.9 Å². The minimum Gasteiger partial charge on any atom is -0.378 e. The van der Waals surface area contributed by atoms with Gasteiger partial charge in [-0.2, -0.15) is 4.31 Å². The van der Waals surface area contributed by atoms with Crippen LogP contribution in [0.4, 0.5) is 5.95 Å². The molecule has 0 unspecified atom stereocenters. The van der Waals surface area contributed by atoms with Gasteiger partial charge in [0.05, 0.1) is 30.7 Å². The molecule has 11 heteroatoms. The fourth-order valence-electron chi connectivity index (χ4n) is 3.57. The Bertz CT molecular complexity index is 1000. The number of sulfonamides is 1. The van der Waals surface area contributed by atoms with E-state index < -0.39 is 10.0 Å². The number of ether oxygens (including phenoxy) is 1. The summed E-state index contributed by atoms with van der Waals surface area (Å²) in [5.41, 5.74) is 1.72. The molecule has 1 amide bonds. The number of carbonyl (C=O) groups is 1. The van der Waals surface area contributed by atoms with E-state index in [2.05, 4.69) is 9.97 Å². The standard InChI is InChI=1S/C19H24N6O4S/c1-30(27,28)25-8-6-23(7-9-25)18(26)16-14-21-19(24-10-12-29-13-11-24)22-17(16)15-2-4-20-5-3-15/h2-5,14H,6-13H2,1H3. The number of piperazine rings is 1. The Labute approximate surface area is 175 Å². The highest BCUT2D eigenvalue weighted by Crippen LogP contribution is 2.25. The Hall–Kier alpha value is -2.63. The molecule has 2 aromatic rings. The molecular weight excluding hydrogens is 408 g/mol. The third-order valence-corrected chi connectivity index (χ3v) is 6.55. The van der Waals surface area contributed by atoms with Gasteiger partial charge in [-0.25, -0.2) is 18.4 Å². The van der Waals surface area contributed by atoms with Gasteiger partial charge in [0.25, 0.3) is 5.91 Å². The van der Waals surface area contributed by atoms with Crippen molar-refractivity contribution in [2.75, 3.05) is 63.6 Å². The molecule has 10 nitrogen and oxygen atoms in total. The second-order valence-corrected chi connectivity index (χ2v) is 9.20. The zero-order valence-corrected chi connectivity index (χ0v) is 17.6. The highest BCUT2D eigenvalue weighted by molar-refractivity contribution is 7.88. The van der Waals surface area contributed by atoms with Crippen LogP contribution in [0.2, 0.25) is 0 Å². The average molecular weight is 433 g/mol. The molecule has 0 aromatic carbocycles. The van der Waals surface area contributed by atoms with Gasteiger partial charge in [-0.15, -0.1) is 0 Å². The molecule has 30 heavy (non-hydrogen) atoms. The Balaban J connectivity index is 1.63. The quantitative estimate of drug-likeness (QED) is 0.669. The van der Waals surface area contributed by atoms with Gasteiger partial charge in [-0.3, -0.25) is 9.78 Å². The van der Waals surface area contributed by atoms with Crippen LogP contribution < -0.4 is 4.90 Å². The maximum atomic E-state index is 13.3. The number of morpholine rings is 1. The number of nitrogens with zero attached hydrogens (tertiary/aromatic N) is 6. The second kappa shape index (κ2) is 8.62. The smallest absolute Gasteiger partial charge is 0.257 e. The van der Waals surface area contributed by atoms with Crippen LogP contribution in [0.1, 0.15) is 10.4 Å². The van der Waals surface area contributed by atoms with Gasteiger partial charge in [0.1, 0.15) is 0 Å². The highest BCUT2D eigenvalue weighted by Gasteiger charge is 2.29. The van der Waals surface area contributed by atoms with Crippen LogP contribution in [-0.2, 0) is 14.8 Å². The molecule has 0 atom stereocenters. The van der Waals surface area contributed by atoms with E-state index in [1.165, 1.54) is 10.6 Å². The fraction of sp³-hybridized carbons (Fsp3) is 0.474. The Kier molecular flexibility index (Phi) is 5.93. The van der Waals surface area contributed by atoms with Crippen molar-refractivity contribution in [3.05, 3.63) is 36.3 Å². The van der Waals surface area contributed by atoms with Gasteiger partial charge in [0.2, 0.25) is 16.0 Å². The summed E-state index contributed by atoms with van der Waals surface area (Å²) in [6.07, 6.45) is 6.07. The maximum Gasteiger partial charge on any atom is 0.257 e. The zero-order chi connectivity index (χ0) is 21.1. The molecule has 4 heterocycles. The van der Waals surface area contributed by atoms with Gasteiger partial charge >= 0.3 is 0 Å². The second-order valence-electron chi connectivity index (χ2n) is 7.22. The van der Waals surface area contributed by atoms with Crippen molar-refractivity contribution in [1.29, 1.82) is 0 Å². The van der Waals surface area contributed by atoms with Gasteiger partial charge in [-0.1, -0.05) is 0 Å². The van der Waals surface area contributed by atoms with Crippen molar-refractivity contribution in [3.63, 3.8) is 0 Å². The first-order valence-corrected chi connectivity index (χ1v) is 11.6. The lowest BCUT2D eigenvalue weighted by atomic mass is 10.1. The van der Waals surface area contributed by atoms with Crippen LogP contribution in [0.5, 0.6) is 0 Å². The first kappa shape index (κ1) is 20.6. The Morgan fingerprint density at radius 2 is 1.70 bits per heavy atom. The summed E-state index contributed by atoms with van der Waals surface area (Å²) in [4.78, 5) is 30.2. The summed E-state index contributed by atoms with van der Waals surface area (Å²) in [6, 6.07) is 3.62. The van der Waals surface area contributed by atoms with Gasteiger partial charge in [0, 0.05) is 63.4 Å². The van der Waals surface area contributed by atoms with E-state index in [-0.39, 0.29) is 19.0 Å². The number of hydrogen-bond donors (Lipinski definition) is 0. The molecule has 2 aliphatic rings. The van der Waals surface area contributed by atoms with Crippen LogP contribution in [-0.4, -0.2) is 97.2 Å². The Morgan fingerprint density at radius 3 is 2.33 bits per heavy atom. The largest absolute Gasteiger partial charge is 0.378 e. The molecule has 0 N–H and O–H groups in total. The molecule has 2 saturated heterocycles. The SMILES string of the molecule is CS(=O)(=O)N1CCN(C(=O)c2cnc(N3CCOCC3)nc2-c2ccncc2)CC1. The first-order chi connectivity index (χ1) is 14.4. The van der Waals surface area contributed by atoms with E-state index in [1.54, 1.807) is 23.5 Å². The van der Waals surface area contributed by atoms with E-state index in [9.17, 15) is 13.2 Å². The summed E-state index contributed by atoms with van der Waals surface area (Å²) in [7, 11) is -3.26. The van der Waals surface area contributed by atoms with Crippen molar-refractivity contribution < 1.29 is 17.9 Å². The summed E-state index contributed by atoms with van der Waals surface area (Å²) in [6.45, 7) is 3.81. The third-order valence-electron chi connectivity index (χ3n) is 5.25. The first-order valence-electron chi connectivity index (χ1n) is 9.78. The van der Waals surface area contributed by atoms with Crippen LogP contribution in [0, 0.1) is 0 Å². The Morgan fingerprint density at radius 1 is 1.03 bits per heavy atom.